The standard InChI is InChI=1S/C15H16Cl2N2O2/c1-9(20)21-15-5-3-2-4-13(15)19-8-18-12-6-10(16)11(17)7-14(12)19/h6-8,13,15H,2-5H2,1H3. The fraction of sp³-hybridized carbons (Fsp3) is 0.467. The first kappa shape index (κ1) is 14.7. The predicted molar refractivity (Wildman–Crippen MR) is 82.8 cm³/mol. The summed E-state index contributed by atoms with van der Waals surface area (Å²) in [5.74, 6) is -0.239. The van der Waals surface area contributed by atoms with Crippen LogP contribution in [0.25, 0.3) is 11.0 Å². The lowest BCUT2D eigenvalue weighted by molar-refractivity contribution is -0.150. The van der Waals surface area contributed by atoms with Gasteiger partial charge in [0.2, 0.25) is 0 Å². The summed E-state index contributed by atoms with van der Waals surface area (Å²) in [6.45, 7) is 1.45. The minimum absolute atomic E-state index is 0.102. The first-order valence-corrected chi connectivity index (χ1v) is 7.80. The van der Waals surface area contributed by atoms with Crippen molar-refractivity contribution in [3.8, 4) is 0 Å². The summed E-state index contributed by atoms with van der Waals surface area (Å²) in [5.41, 5.74) is 1.73. The number of aromatic nitrogens is 2. The predicted octanol–water partition coefficient (Wildman–Crippen LogP) is 4.39. The highest BCUT2D eigenvalue weighted by Gasteiger charge is 2.30. The molecular formula is C15H16Cl2N2O2. The Labute approximate surface area is 133 Å². The van der Waals surface area contributed by atoms with Crippen LogP contribution in [0.3, 0.4) is 0 Å². The van der Waals surface area contributed by atoms with Gasteiger partial charge in [-0.15, -0.1) is 0 Å². The van der Waals surface area contributed by atoms with Crippen LogP contribution in [0.5, 0.6) is 0 Å². The second-order valence-electron chi connectivity index (χ2n) is 5.41. The topological polar surface area (TPSA) is 44.1 Å². The lowest BCUT2D eigenvalue weighted by Gasteiger charge is -2.32. The van der Waals surface area contributed by atoms with E-state index in [-0.39, 0.29) is 18.1 Å². The number of fused-ring (bicyclic) bond motifs is 1. The molecule has 0 saturated heterocycles. The third kappa shape index (κ3) is 2.87. The Morgan fingerprint density at radius 3 is 2.76 bits per heavy atom. The van der Waals surface area contributed by atoms with Gasteiger partial charge >= 0.3 is 5.97 Å². The number of carbonyl (C=O) groups excluding carboxylic acids is 1. The Kier molecular flexibility index (Phi) is 4.09. The molecule has 1 aliphatic carbocycles. The van der Waals surface area contributed by atoms with Crippen molar-refractivity contribution in [1.29, 1.82) is 0 Å². The van der Waals surface area contributed by atoms with Gasteiger partial charge in [0.25, 0.3) is 0 Å². The zero-order chi connectivity index (χ0) is 15.0. The van der Waals surface area contributed by atoms with Crippen LogP contribution in [0.15, 0.2) is 18.5 Å². The van der Waals surface area contributed by atoms with E-state index in [0.717, 1.165) is 36.7 Å². The summed E-state index contributed by atoms with van der Waals surface area (Å²) in [6, 6.07) is 3.69. The van der Waals surface area contributed by atoms with Crippen molar-refractivity contribution >= 4 is 40.2 Å². The number of hydrogen-bond donors (Lipinski definition) is 0. The highest BCUT2D eigenvalue weighted by Crippen LogP contribution is 2.35. The number of hydrogen-bond acceptors (Lipinski definition) is 3. The number of benzene rings is 1. The summed E-state index contributed by atoms with van der Waals surface area (Å²) >= 11 is 12.1. The summed E-state index contributed by atoms with van der Waals surface area (Å²) in [7, 11) is 0. The molecule has 0 bridgehead atoms. The number of nitrogens with zero attached hydrogens (tertiary/aromatic N) is 2. The fourth-order valence-electron chi connectivity index (χ4n) is 3.03. The van der Waals surface area contributed by atoms with Crippen molar-refractivity contribution in [2.45, 2.75) is 44.8 Å². The average Bonchev–Trinajstić information content (AvgIpc) is 2.82. The molecule has 3 rings (SSSR count). The quantitative estimate of drug-likeness (QED) is 0.769. The van der Waals surface area contributed by atoms with Crippen LogP contribution < -0.4 is 0 Å². The van der Waals surface area contributed by atoms with Crippen molar-refractivity contribution < 1.29 is 9.53 Å². The van der Waals surface area contributed by atoms with Crippen LogP contribution in [0.2, 0.25) is 10.0 Å². The zero-order valence-electron chi connectivity index (χ0n) is 11.7. The number of ether oxygens (including phenoxy) is 1. The van der Waals surface area contributed by atoms with E-state index < -0.39 is 0 Å². The number of halogens is 2. The molecule has 1 aliphatic rings. The Balaban J connectivity index is 2.01. The van der Waals surface area contributed by atoms with Crippen molar-refractivity contribution in [3.63, 3.8) is 0 Å². The van der Waals surface area contributed by atoms with Crippen LogP contribution in [0.4, 0.5) is 0 Å². The lowest BCUT2D eigenvalue weighted by atomic mass is 9.92. The summed E-state index contributed by atoms with van der Waals surface area (Å²) in [5, 5.41) is 1.00. The maximum atomic E-state index is 11.3. The van der Waals surface area contributed by atoms with Crippen molar-refractivity contribution in [1.82, 2.24) is 9.55 Å². The number of esters is 1. The van der Waals surface area contributed by atoms with E-state index in [4.69, 9.17) is 27.9 Å². The van der Waals surface area contributed by atoms with E-state index in [0.29, 0.717) is 10.0 Å². The van der Waals surface area contributed by atoms with Crippen molar-refractivity contribution in [3.05, 3.63) is 28.5 Å². The molecule has 0 spiro atoms. The van der Waals surface area contributed by atoms with E-state index in [2.05, 4.69) is 9.55 Å². The second kappa shape index (κ2) is 5.85. The van der Waals surface area contributed by atoms with Crippen LogP contribution in [-0.4, -0.2) is 21.6 Å². The summed E-state index contributed by atoms with van der Waals surface area (Å²) < 4.78 is 7.54. The van der Waals surface area contributed by atoms with Gasteiger partial charge in [-0.2, -0.15) is 0 Å². The molecule has 0 N–H and O–H groups in total. The van der Waals surface area contributed by atoms with Gasteiger partial charge in [0.05, 0.1) is 33.4 Å². The molecule has 1 heterocycles. The monoisotopic (exact) mass is 326 g/mol. The van der Waals surface area contributed by atoms with Crippen LogP contribution >= 0.6 is 23.2 Å². The summed E-state index contributed by atoms with van der Waals surface area (Å²) in [6.07, 6.45) is 5.71. The molecule has 1 aromatic carbocycles. The first-order valence-electron chi connectivity index (χ1n) is 7.05. The normalized spacial score (nSPS) is 22.4. The molecular weight excluding hydrogens is 311 g/mol. The van der Waals surface area contributed by atoms with Crippen LogP contribution in [-0.2, 0) is 9.53 Å². The highest BCUT2D eigenvalue weighted by atomic mass is 35.5. The van der Waals surface area contributed by atoms with Crippen LogP contribution in [0.1, 0.15) is 38.6 Å². The SMILES string of the molecule is CC(=O)OC1CCCCC1n1cnc2cc(Cl)c(Cl)cc21. The van der Waals surface area contributed by atoms with Gasteiger partial charge in [-0.3, -0.25) is 4.79 Å². The molecule has 21 heavy (non-hydrogen) atoms. The van der Waals surface area contributed by atoms with Gasteiger partial charge in [-0.25, -0.2) is 4.98 Å². The molecule has 112 valence electrons. The van der Waals surface area contributed by atoms with Gasteiger partial charge in [0.15, 0.2) is 0 Å². The van der Waals surface area contributed by atoms with Crippen molar-refractivity contribution in [2.24, 2.45) is 0 Å². The Hall–Kier alpha value is -1.26. The Morgan fingerprint density at radius 2 is 2.00 bits per heavy atom. The molecule has 4 nitrogen and oxygen atoms in total. The Bertz CT molecular complexity index is 684. The van der Waals surface area contributed by atoms with E-state index in [1.165, 1.54) is 6.92 Å². The highest BCUT2D eigenvalue weighted by molar-refractivity contribution is 6.42. The number of carbonyl (C=O) groups is 1. The molecule has 2 unspecified atom stereocenters. The van der Waals surface area contributed by atoms with E-state index in [9.17, 15) is 4.79 Å². The molecule has 1 fully saturated rings. The molecule has 2 aromatic rings. The molecule has 1 saturated carbocycles. The largest absolute Gasteiger partial charge is 0.460 e. The van der Waals surface area contributed by atoms with E-state index in [1.54, 1.807) is 12.4 Å². The van der Waals surface area contributed by atoms with Gasteiger partial charge < -0.3 is 9.30 Å². The van der Waals surface area contributed by atoms with E-state index >= 15 is 0 Å². The molecule has 2 atom stereocenters. The molecule has 0 aliphatic heterocycles. The van der Waals surface area contributed by atoms with Crippen LogP contribution in [0, 0.1) is 0 Å². The molecule has 6 heteroatoms. The van der Waals surface area contributed by atoms with Crippen molar-refractivity contribution in [2.75, 3.05) is 0 Å². The van der Waals surface area contributed by atoms with Gasteiger partial charge in [-0.1, -0.05) is 29.6 Å². The minimum atomic E-state index is -0.239. The summed E-state index contributed by atoms with van der Waals surface area (Å²) in [4.78, 5) is 15.7. The van der Waals surface area contributed by atoms with Gasteiger partial charge in [0, 0.05) is 6.92 Å². The number of imidazole rings is 1. The first-order chi connectivity index (χ1) is 10.1. The molecule has 0 amide bonds. The molecule has 0 radical (unpaired) electrons. The number of rotatable bonds is 2. The smallest absolute Gasteiger partial charge is 0.302 e. The average molecular weight is 327 g/mol. The minimum Gasteiger partial charge on any atom is -0.460 e. The Morgan fingerprint density at radius 1 is 1.29 bits per heavy atom. The van der Waals surface area contributed by atoms with Gasteiger partial charge in [-0.05, 0) is 31.4 Å². The maximum absolute atomic E-state index is 11.3. The second-order valence-corrected chi connectivity index (χ2v) is 6.22. The third-order valence-corrected chi connectivity index (χ3v) is 4.68. The fourth-order valence-corrected chi connectivity index (χ4v) is 3.35. The van der Waals surface area contributed by atoms with E-state index in [1.807, 2.05) is 6.07 Å². The lowest BCUT2D eigenvalue weighted by Crippen LogP contribution is -2.31. The maximum Gasteiger partial charge on any atom is 0.302 e. The third-order valence-electron chi connectivity index (χ3n) is 3.96. The van der Waals surface area contributed by atoms with Gasteiger partial charge in [0.1, 0.15) is 6.10 Å². The zero-order valence-corrected chi connectivity index (χ0v) is 13.2. The molecule has 1 aromatic heterocycles.